The summed E-state index contributed by atoms with van der Waals surface area (Å²) in [4.78, 5) is 10.6. The fourth-order valence-electron chi connectivity index (χ4n) is 1.35. The van der Waals surface area contributed by atoms with Gasteiger partial charge in [-0.05, 0) is 30.3 Å². The fourth-order valence-corrected chi connectivity index (χ4v) is 3.73. The molecule has 9 heteroatoms. The highest BCUT2D eigenvalue weighted by Crippen LogP contribution is 2.26. The van der Waals surface area contributed by atoms with Crippen molar-refractivity contribution < 1.29 is 22.7 Å². The van der Waals surface area contributed by atoms with Gasteiger partial charge >= 0.3 is 5.97 Å². The molecule has 0 aliphatic heterocycles. The second kappa shape index (κ2) is 5.39. The second-order valence-corrected chi connectivity index (χ2v) is 7.08. The largest absolute Gasteiger partial charge is 0.477 e. The van der Waals surface area contributed by atoms with Crippen LogP contribution >= 0.6 is 22.9 Å². The van der Waals surface area contributed by atoms with Crippen molar-refractivity contribution >= 4 is 44.6 Å². The molecule has 2 N–H and O–H groups in total. The molecule has 0 radical (unpaired) electrons. The van der Waals surface area contributed by atoms with Crippen LogP contribution in [-0.4, -0.2) is 19.5 Å². The summed E-state index contributed by atoms with van der Waals surface area (Å²) < 4.78 is 39.3. The van der Waals surface area contributed by atoms with Crippen molar-refractivity contribution in [1.29, 1.82) is 0 Å². The predicted octanol–water partition coefficient (Wildman–Crippen LogP) is 3.04. The Balaban J connectivity index is 2.35. The van der Waals surface area contributed by atoms with E-state index < -0.39 is 21.8 Å². The zero-order chi connectivity index (χ0) is 14.9. The van der Waals surface area contributed by atoms with Gasteiger partial charge in [-0.2, -0.15) is 0 Å². The van der Waals surface area contributed by atoms with Crippen LogP contribution in [0.25, 0.3) is 0 Å². The van der Waals surface area contributed by atoms with Crippen molar-refractivity contribution in [3.8, 4) is 0 Å². The molecule has 0 unspecified atom stereocenters. The third-order valence-corrected chi connectivity index (χ3v) is 5.40. The maximum Gasteiger partial charge on any atom is 0.345 e. The Labute approximate surface area is 122 Å². The molecular weight excluding hydrogens is 329 g/mol. The lowest BCUT2D eigenvalue weighted by atomic mass is 10.3. The van der Waals surface area contributed by atoms with Crippen LogP contribution in [0.5, 0.6) is 0 Å². The first-order valence-corrected chi connectivity index (χ1v) is 7.78. The van der Waals surface area contributed by atoms with Crippen LogP contribution in [0.3, 0.4) is 0 Å². The Hall–Kier alpha value is -1.64. The van der Waals surface area contributed by atoms with E-state index >= 15 is 0 Å². The molecule has 0 aliphatic carbocycles. The lowest BCUT2D eigenvalue weighted by Gasteiger charge is -2.07. The van der Waals surface area contributed by atoms with E-state index in [1.165, 1.54) is 6.07 Å². The highest BCUT2D eigenvalue weighted by Gasteiger charge is 2.20. The van der Waals surface area contributed by atoms with Gasteiger partial charge in [0.25, 0.3) is 10.0 Å². The van der Waals surface area contributed by atoms with Gasteiger partial charge in [0.1, 0.15) is 14.9 Å². The highest BCUT2D eigenvalue weighted by atomic mass is 35.5. The van der Waals surface area contributed by atoms with E-state index in [-0.39, 0.29) is 19.8 Å². The highest BCUT2D eigenvalue weighted by molar-refractivity contribution is 7.94. The normalized spacial score (nSPS) is 11.3. The molecule has 0 bridgehead atoms. The van der Waals surface area contributed by atoms with Crippen LogP contribution in [0.15, 0.2) is 34.5 Å². The third kappa shape index (κ3) is 3.09. The van der Waals surface area contributed by atoms with Crippen LogP contribution in [0, 0.1) is 5.82 Å². The molecule has 0 saturated carbocycles. The molecule has 1 aromatic carbocycles. The van der Waals surface area contributed by atoms with Crippen molar-refractivity contribution in [1.82, 2.24) is 0 Å². The molecular formula is C11H7ClFNO4S2. The summed E-state index contributed by atoms with van der Waals surface area (Å²) in [6, 6.07) is 5.73. The molecule has 106 valence electrons. The number of hydrogen-bond acceptors (Lipinski definition) is 4. The molecule has 2 aromatic rings. The van der Waals surface area contributed by atoms with Crippen LogP contribution in [-0.2, 0) is 10.0 Å². The average molecular weight is 336 g/mol. The molecule has 0 spiro atoms. The van der Waals surface area contributed by atoms with Crippen molar-refractivity contribution in [2.45, 2.75) is 4.21 Å². The Morgan fingerprint density at radius 2 is 2.00 bits per heavy atom. The topological polar surface area (TPSA) is 83.5 Å². The minimum absolute atomic E-state index is 0.128. The van der Waals surface area contributed by atoms with Crippen LogP contribution in [0.2, 0.25) is 5.02 Å². The molecule has 20 heavy (non-hydrogen) atoms. The summed E-state index contributed by atoms with van der Waals surface area (Å²) in [7, 11) is -4.06. The zero-order valence-corrected chi connectivity index (χ0v) is 12.0. The zero-order valence-electron chi connectivity index (χ0n) is 9.63. The number of rotatable bonds is 4. The van der Waals surface area contributed by atoms with Gasteiger partial charge in [0.2, 0.25) is 0 Å². The number of sulfonamides is 1. The molecule has 2 rings (SSSR count). The maximum atomic E-state index is 13.5. The number of carbonyl (C=O) groups is 1. The summed E-state index contributed by atoms with van der Waals surface area (Å²) in [5.41, 5.74) is -0.303. The minimum Gasteiger partial charge on any atom is -0.477 e. The van der Waals surface area contributed by atoms with E-state index in [0.29, 0.717) is 11.3 Å². The van der Waals surface area contributed by atoms with Crippen LogP contribution in [0.4, 0.5) is 10.1 Å². The van der Waals surface area contributed by atoms with Gasteiger partial charge in [-0.3, -0.25) is 4.72 Å². The number of benzene rings is 1. The first-order chi connectivity index (χ1) is 9.29. The summed E-state index contributed by atoms with van der Waals surface area (Å²) in [5, 5.41) is 8.92. The molecule has 1 heterocycles. The maximum absolute atomic E-state index is 13.5. The van der Waals surface area contributed by atoms with E-state index in [9.17, 15) is 17.6 Å². The van der Waals surface area contributed by atoms with Gasteiger partial charge < -0.3 is 5.11 Å². The van der Waals surface area contributed by atoms with E-state index in [4.69, 9.17) is 16.7 Å². The van der Waals surface area contributed by atoms with Gasteiger partial charge in [-0.15, -0.1) is 11.3 Å². The van der Waals surface area contributed by atoms with E-state index in [1.54, 1.807) is 0 Å². The molecule has 1 aromatic heterocycles. The van der Waals surface area contributed by atoms with E-state index in [1.807, 2.05) is 4.72 Å². The average Bonchev–Trinajstić information content (AvgIpc) is 2.84. The first-order valence-electron chi connectivity index (χ1n) is 5.10. The molecule has 0 atom stereocenters. The van der Waals surface area contributed by atoms with Gasteiger partial charge in [-0.25, -0.2) is 17.6 Å². The first kappa shape index (κ1) is 14.8. The number of carboxylic acids is 1. The number of carboxylic acid groups (broad SMARTS) is 1. The summed E-state index contributed by atoms with van der Waals surface area (Å²) in [6.07, 6.45) is 0. The van der Waals surface area contributed by atoms with Gasteiger partial charge in [-0.1, -0.05) is 11.6 Å². The number of halogens is 2. The fraction of sp³-hybridized carbons (Fsp3) is 0. The Morgan fingerprint density at radius 1 is 1.30 bits per heavy atom. The van der Waals surface area contributed by atoms with E-state index in [2.05, 4.69) is 0 Å². The predicted molar refractivity (Wildman–Crippen MR) is 73.5 cm³/mol. The Bertz CT molecular complexity index is 772. The van der Waals surface area contributed by atoms with Crippen LogP contribution in [0.1, 0.15) is 9.67 Å². The molecule has 0 aliphatic rings. The van der Waals surface area contributed by atoms with Gasteiger partial charge in [0.15, 0.2) is 0 Å². The number of thiophene rings is 1. The minimum atomic E-state index is -4.06. The quantitative estimate of drug-likeness (QED) is 0.899. The molecule has 0 saturated heterocycles. The summed E-state index contributed by atoms with van der Waals surface area (Å²) >= 11 is 6.23. The van der Waals surface area contributed by atoms with Crippen molar-refractivity contribution in [3.05, 3.63) is 46.0 Å². The van der Waals surface area contributed by atoms with Gasteiger partial charge in [0.05, 0.1) is 5.69 Å². The lowest BCUT2D eigenvalue weighted by molar-refractivity contribution is 0.0702. The summed E-state index contributed by atoms with van der Waals surface area (Å²) in [6.45, 7) is 0. The number of aromatic carboxylic acids is 1. The van der Waals surface area contributed by atoms with Crippen molar-refractivity contribution in [3.63, 3.8) is 0 Å². The van der Waals surface area contributed by atoms with Crippen molar-refractivity contribution in [2.75, 3.05) is 4.72 Å². The number of hydrogen-bond donors (Lipinski definition) is 2. The molecule has 5 nitrogen and oxygen atoms in total. The summed E-state index contributed by atoms with van der Waals surface area (Å²) in [5.74, 6) is -2.02. The van der Waals surface area contributed by atoms with Crippen LogP contribution < -0.4 is 4.72 Å². The monoisotopic (exact) mass is 335 g/mol. The Kier molecular flexibility index (Phi) is 3.98. The Morgan fingerprint density at radius 3 is 2.60 bits per heavy atom. The van der Waals surface area contributed by atoms with Gasteiger partial charge in [0, 0.05) is 5.02 Å². The standard InChI is InChI=1S/C11H7ClFNO4S2/c12-6-1-2-7(13)8(5-6)14-20(17,18)10-4-3-9(19-10)11(15)16/h1-5,14H,(H,15,16). The number of anilines is 1. The third-order valence-electron chi connectivity index (χ3n) is 2.23. The van der Waals surface area contributed by atoms with Crippen molar-refractivity contribution in [2.24, 2.45) is 0 Å². The molecule has 0 fully saturated rings. The lowest BCUT2D eigenvalue weighted by Crippen LogP contribution is -2.12. The molecule has 0 amide bonds. The van der Waals surface area contributed by atoms with E-state index in [0.717, 1.165) is 24.3 Å². The SMILES string of the molecule is O=C(O)c1ccc(S(=O)(=O)Nc2cc(Cl)ccc2F)s1. The second-order valence-electron chi connectivity index (χ2n) is 3.65. The smallest absolute Gasteiger partial charge is 0.345 e. The number of nitrogens with one attached hydrogen (secondary N) is 1.